The summed E-state index contributed by atoms with van der Waals surface area (Å²) in [6.45, 7) is 2.20. The maximum atomic E-state index is 4.04. The molecule has 2 rings (SSSR count). The zero-order chi connectivity index (χ0) is 11.5. The van der Waals surface area contributed by atoms with E-state index < -0.39 is 0 Å². The number of aromatic nitrogens is 2. The largest absolute Gasteiger partial charge is 0.265 e. The van der Waals surface area contributed by atoms with Gasteiger partial charge in [-0.05, 0) is 36.6 Å². The number of pyridine rings is 2. The van der Waals surface area contributed by atoms with Crippen molar-refractivity contribution < 1.29 is 0 Å². The second-order valence-electron chi connectivity index (χ2n) is 3.49. The third kappa shape index (κ3) is 5.91. The summed E-state index contributed by atoms with van der Waals surface area (Å²) in [6.07, 6.45) is 11.0. The summed E-state index contributed by atoms with van der Waals surface area (Å²) in [4.78, 5) is 7.82. The van der Waals surface area contributed by atoms with Crippen LogP contribution in [0.1, 0.15) is 25.3 Å². The fraction of sp³-hybridized carbons (Fsp3) is 0.286. The zero-order valence-electron chi connectivity index (χ0n) is 9.71. The van der Waals surface area contributed by atoms with Gasteiger partial charge in [-0.15, -0.1) is 0 Å². The van der Waals surface area contributed by atoms with Gasteiger partial charge >= 0.3 is 0 Å². The molecule has 0 N–H and O–H groups in total. The van der Waals surface area contributed by atoms with E-state index in [1.165, 1.54) is 24.8 Å². The lowest BCUT2D eigenvalue weighted by molar-refractivity contribution is 0.792. The number of hydrogen-bond donors (Lipinski definition) is 0. The molecule has 0 unspecified atom stereocenters. The molecule has 0 atom stereocenters. The van der Waals surface area contributed by atoms with Gasteiger partial charge in [-0.25, -0.2) is 0 Å². The molecule has 2 nitrogen and oxygen atoms in total. The minimum Gasteiger partial charge on any atom is -0.265 e. The van der Waals surface area contributed by atoms with Crippen LogP contribution in [0.15, 0.2) is 55.1 Å². The Labute approximate surface area is 97.4 Å². The van der Waals surface area contributed by atoms with Crippen LogP contribution >= 0.6 is 0 Å². The first-order valence-electron chi connectivity index (χ1n) is 5.67. The topological polar surface area (TPSA) is 25.8 Å². The average Bonchev–Trinajstić information content (AvgIpc) is 2.40. The van der Waals surface area contributed by atoms with Gasteiger partial charge in [0.05, 0.1) is 0 Å². The molecule has 0 saturated carbocycles. The van der Waals surface area contributed by atoms with Crippen LogP contribution in [0.4, 0.5) is 0 Å². The molecule has 0 radical (unpaired) electrons. The molecule has 0 saturated heterocycles. The van der Waals surface area contributed by atoms with Crippen LogP contribution in [0.3, 0.4) is 0 Å². The van der Waals surface area contributed by atoms with Gasteiger partial charge in [0.15, 0.2) is 0 Å². The van der Waals surface area contributed by atoms with E-state index in [1.807, 2.05) is 36.7 Å². The Kier molecular flexibility index (Phi) is 6.65. The Morgan fingerprint density at radius 3 is 2.12 bits per heavy atom. The molecule has 16 heavy (non-hydrogen) atoms. The molecule has 0 amide bonds. The highest BCUT2D eigenvalue weighted by Gasteiger charge is 1.88. The standard InChI is InChI=1S/C9H13N.C5H5N/c1-2-3-5-9-6-4-7-10-8-9;1-2-4-6-5-3-1/h4,6-8H,2-3,5H2,1H3;1-5H. The summed E-state index contributed by atoms with van der Waals surface area (Å²) in [6, 6.07) is 9.83. The first-order chi connectivity index (χ1) is 7.93. The Balaban J connectivity index is 0.000000181. The van der Waals surface area contributed by atoms with Crippen molar-refractivity contribution in [2.75, 3.05) is 0 Å². The molecular weight excluding hydrogens is 196 g/mol. The van der Waals surface area contributed by atoms with Crippen molar-refractivity contribution in [2.24, 2.45) is 0 Å². The molecule has 2 aromatic rings. The molecule has 0 aromatic carbocycles. The first kappa shape index (κ1) is 12.4. The van der Waals surface area contributed by atoms with E-state index in [1.54, 1.807) is 12.4 Å². The van der Waals surface area contributed by atoms with E-state index in [2.05, 4.69) is 23.0 Å². The van der Waals surface area contributed by atoms with Crippen molar-refractivity contribution >= 4 is 0 Å². The van der Waals surface area contributed by atoms with Gasteiger partial charge in [-0.1, -0.05) is 25.5 Å². The Morgan fingerprint density at radius 2 is 1.69 bits per heavy atom. The van der Waals surface area contributed by atoms with Crippen LogP contribution in [0, 0.1) is 0 Å². The second-order valence-corrected chi connectivity index (χ2v) is 3.49. The zero-order valence-corrected chi connectivity index (χ0v) is 9.71. The number of aryl methyl sites for hydroxylation is 1. The Morgan fingerprint density at radius 1 is 0.938 bits per heavy atom. The fourth-order valence-corrected chi connectivity index (χ4v) is 1.24. The van der Waals surface area contributed by atoms with Crippen molar-refractivity contribution in [2.45, 2.75) is 26.2 Å². The van der Waals surface area contributed by atoms with Gasteiger partial charge in [0.1, 0.15) is 0 Å². The highest BCUT2D eigenvalue weighted by Crippen LogP contribution is 2.01. The summed E-state index contributed by atoms with van der Waals surface area (Å²) in [5.41, 5.74) is 1.35. The highest BCUT2D eigenvalue weighted by atomic mass is 14.6. The summed E-state index contributed by atoms with van der Waals surface area (Å²) in [7, 11) is 0. The van der Waals surface area contributed by atoms with E-state index in [0.717, 1.165) is 0 Å². The van der Waals surface area contributed by atoms with Crippen molar-refractivity contribution in [1.29, 1.82) is 0 Å². The van der Waals surface area contributed by atoms with E-state index in [9.17, 15) is 0 Å². The van der Waals surface area contributed by atoms with Gasteiger partial charge < -0.3 is 0 Å². The summed E-state index contributed by atoms with van der Waals surface area (Å²) in [5.74, 6) is 0. The lowest BCUT2D eigenvalue weighted by Crippen LogP contribution is -1.83. The highest BCUT2D eigenvalue weighted by molar-refractivity contribution is 5.08. The second kappa shape index (κ2) is 8.60. The van der Waals surface area contributed by atoms with Gasteiger partial charge in [0.25, 0.3) is 0 Å². The van der Waals surface area contributed by atoms with Crippen LogP contribution in [-0.2, 0) is 6.42 Å². The van der Waals surface area contributed by atoms with Gasteiger partial charge in [-0.2, -0.15) is 0 Å². The Bertz CT molecular complexity index is 319. The lowest BCUT2D eigenvalue weighted by atomic mass is 10.1. The molecule has 0 aliphatic heterocycles. The lowest BCUT2D eigenvalue weighted by Gasteiger charge is -1.95. The van der Waals surface area contributed by atoms with E-state index in [-0.39, 0.29) is 0 Å². The molecule has 0 aliphatic carbocycles. The van der Waals surface area contributed by atoms with Gasteiger partial charge in [0, 0.05) is 24.8 Å². The molecule has 2 aromatic heterocycles. The summed E-state index contributed by atoms with van der Waals surface area (Å²) >= 11 is 0. The molecule has 2 heterocycles. The molecule has 84 valence electrons. The predicted molar refractivity (Wildman–Crippen MR) is 67.1 cm³/mol. The Hall–Kier alpha value is -1.70. The molecular formula is C14H18N2. The molecule has 0 aliphatic rings. The van der Waals surface area contributed by atoms with E-state index >= 15 is 0 Å². The van der Waals surface area contributed by atoms with Crippen LogP contribution in [0.2, 0.25) is 0 Å². The summed E-state index contributed by atoms with van der Waals surface area (Å²) < 4.78 is 0. The monoisotopic (exact) mass is 214 g/mol. The maximum Gasteiger partial charge on any atom is 0.0299 e. The van der Waals surface area contributed by atoms with Crippen molar-refractivity contribution in [1.82, 2.24) is 9.97 Å². The van der Waals surface area contributed by atoms with E-state index in [0.29, 0.717) is 0 Å². The van der Waals surface area contributed by atoms with Gasteiger partial charge in [0.2, 0.25) is 0 Å². The third-order valence-electron chi connectivity index (χ3n) is 2.11. The fourth-order valence-electron chi connectivity index (χ4n) is 1.24. The number of nitrogens with zero attached hydrogens (tertiary/aromatic N) is 2. The van der Waals surface area contributed by atoms with Crippen molar-refractivity contribution in [3.63, 3.8) is 0 Å². The quantitative estimate of drug-likeness (QED) is 0.781. The van der Waals surface area contributed by atoms with Crippen LogP contribution in [0.5, 0.6) is 0 Å². The first-order valence-corrected chi connectivity index (χ1v) is 5.67. The SMILES string of the molecule is CCCCc1cccnc1.c1ccncc1. The third-order valence-corrected chi connectivity index (χ3v) is 2.11. The molecule has 2 heteroatoms. The number of rotatable bonds is 3. The molecule has 0 bridgehead atoms. The predicted octanol–water partition coefficient (Wildman–Crippen LogP) is 3.51. The average molecular weight is 214 g/mol. The van der Waals surface area contributed by atoms with Crippen LogP contribution in [0.25, 0.3) is 0 Å². The smallest absolute Gasteiger partial charge is 0.0299 e. The molecule has 0 spiro atoms. The maximum absolute atomic E-state index is 4.04. The normalized spacial score (nSPS) is 9.06. The number of hydrogen-bond acceptors (Lipinski definition) is 2. The summed E-state index contributed by atoms with van der Waals surface area (Å²) in [5, 5.41) is 0. The molecule has 0 fully saturated rings. The minimum atomic E-state index is 1.17. The van der Waals surface area contributed by atoms with Crippen molar-refractivity contribution in [3.8, 4) is 0 Å². The van der Waals surface area contributed by atoms with Gasteiger partial charge in [-0.3, -0.25) is 9.97 Å². The van der Waals surface area contributed by atoms with E-state index in [4.69, 9.17) is 0 Å². The van der Waals surface area contributed by atoms with Crippen molar-refractivity contribution in [3.05, 3.63) is 60.7 Å². The number of unbranched alkanes of at least 4 members (excludes halogenated alkanes) is 1. The van der Waals surface area contributed by atoms with Crippen LogP contribution < -0.4 is 0 Å². The minimum absolute atomic E-state index is 1.17. The van der Waals surface area contributed by atoms with Crippen LogP contribution in [-0.4, -0.2) is 9.97 Å².